The molecule has 0 aromatic heterocycles. The van der Waals surface area contributed by atoms with Crippen LogP contribution in [0.2, 0.25) is 0 Å². The highest BCUT2D eigenvalue weighted by molar-refractivity contribution is 7.92. The third-order valence-electron chi connectivity index (χ3n) is 5.82. The van der Waals surface area contributed by atoms with Gasteiger partial charge in [-0.15, -0.1) is 0 Å². The number of fused-ring (bicyclic) bond motifs is 2. The Morgan fingerprint density at radius 2 is 1.35 bits per heavy atom. The predicted octanol–water partition coefficient (Wildman–Crippen LogP) is 5.88. The number of sulfonamides is 1. The van der Waals surface area contributed by atoms with E-state index in [0.717, 1.165) is 5.39 Å². The lowest BCUT2D eigenvalue weighted by atomic mass is 9.94. The number of nitrogens with one attached hydrogen (secondary N) is 1. The lowest BCUT2D eigenvalue weighted by Gasteiger charge is -2.16. The fourth-order valence-electron chi connectivity index (χ4n) is 4.14. The van der Waals surface area contributed by atoms with Crippen LogP contribution in [0.5, 0.6) is 17.2 Å². The SMILES string of the molecule is COc1ccc(S(=O)(=O)Nc2cc(-c3cccc4c(O)cccc34)c(O)c3ccccc23)cc1. The maximum Gasteiger partial charge on any atom is 0.261 e. The predicted molar refractivity (Wildman–Crippen MR) is 134 cm³/mol. The average molecular weight is 472 g/mol. The molecule has 7 heteroatoms. The molecule has 0 fully saturated rings. The number of methoxy groups -OCH3 is 1. The van der Waals surface area contributed by atoms with Crippen LogP contribution in [-0.2, 0) is 10.0 Å². The molecule has 34 heavy (non-hydrogen) atoms. The molecule has 0 heterocycles. The van der Waals surface area contributed by atoms with Crippen molar-refractivity contribution in [2.24, 2.45) is 0 Å². The van der Waals surface area contributed by atoms with Crippen molar-refractivity contribution in [3.05, 3.63) is 91.0 Å². The van der Waals surface area contributed by atoms with E-state index in [1.807, 2.05) is 12.1 Å². The number of aromatic hydroxyl groups is 2. The van der Waals surface area contributed by atoms with Crippen molar-refractivity contribution in [3.8, 4) is 28.4 Å². The van der Waals surface area contributed by atoms with Crippen molar-refractivity contribution in [2.45, 2.75) is 4.90 Å². The molecule has 0 unspecified atom stereocenters. The zero-order valence-corrected chi connectivity index (χ0v) is 19.0. The smallest absolute Gasteiger partial charge is 0.261 e. The molecule has 0 bridgehead atoms. The number of hydrogen-bond acceptors (Lipinski definition) is 5. The van der Waals surface area contributed by atoms with E-state index < -0.39 is 10.0 Å². The van der Waals surface area contributed by atoms with E-state index in [9.17, 15) is 18.6 Å². The molecular formula is C27H21NO5S. The first-order chi connectivity index (χ1) is 16.4. The third kappa shape index (κ3) is 3.66. The Morgan fingerprint density at radius 3 is 2.09 bits per heavy atom. The molecule has 0 saturated carbocycles. The van der Waals surface area contributed by atoms with Gasteiger partial charge in [0.05, 0.1) is 17.7 Å². The summed E-state index contributed by atoms with van der Waals surface area (Å²) in [6.45, 7) is 0. The molecule has 0 saturated heterocycles. The van der Waals surface area contributed by atoms with E-state index in [1.54, 1.807) is 66.7 Å². The second kappa shape index (κ2) is 8.28. The Balaban J connectivity index is 1.71. The van der Waals surface area contributed by atoms with Gasteiger partial charge in [-0.2, -0.15) is 0 Å². The average Bonchev–Trinajstić information content (AvgIpc) is 2.86. The zero-order chi connectivity index (χ0) is 23.9. The van der Waals surface area contributed by atoms with E-state index in [-0.39, 0.29) is 16.4 Å². The van der Waals surface area contributed by atoms with Crippen molar-refractivity contribution < 1.29 is 23.4 Å². The molecule has 0 aliphatic heterocycles. The fraction of sp³-hybridized carbons (Fsp3) is 0.0370. The van der Waals surface area contributed by atoms with Gasteiger partial charge in [-0.25, -0.2) is 8.42 Å². The largest absolute Gasteiger partial charge is 0.507 e. The summed E-state index contributed by atoms with van der Waals surface area (Å²) in [6, 6.07) is 25.4. The second-order valence-corrected chi connectivity index (χ2v) is 9.51. The molecular weight excluding hydrogens is 450 g/mol. The number of benzene rings is 5. The van der Waals surface area contributed by atoms with Gasteiger partial charge in [0.15, 0.2) is 0 Å². The second-order valence-electron chi connectivity index (χ2n) is 7.82. The van der Waals surface area contributed by atoms with Gasteiger partial charge in [-0.3, -0.25) is 4.72 Å². The molecule has 0 aliphatic rings. The van der Waals surface area contributed by atoms with E-state index in [0.29, 0.717) is 38.7 Å². The summed E-state index contributed by atoms with van der Waals surface area (Å²) in [6.07, 6.45) is 0. The Morgan fingerprint density at radius 1 is 0.706 bits per heavy atom. The lowest BCUT2D eigenvalue weighted by molar-refractivity contribution is 0.414. The first-order valence-electron chi connectivity index (χ1n) is 10.5. The maximum absolute atomic E-state index is 13.2. The van der Waals surface area contributed by atoms with Gasteiger partial charge < -0.3 is 14.9 Å². The van der Waals surface area contributed by atoms with Crippen LogP contribution in [0, 0.1) is 0 Å². The highest BCUT2D eigenvalue weighted by atomic mass is 32.2. The lowest BCUT2D eigenvalue weighted by Crippen LogP contribution is -2.13. The maximum atomic E-state index is 13.2. The van der Waals surface area contributed by atoms with Crippen molar-refractivity contribution in [1.82, 2.24) is 0 Å². The molecule has 6 nitrogen and oxygen atoms in total. The molecule has 0 radical (unpaired) electrons. The molecule has 170 valence electrons. The van der Waals surface area contributed by atoms with Gasteiger partial charge in [0.1, 0.15) is 17.2 Å². The quantitative estimate of drug-likeness (QED) is 0.278. The van der Waals surface area contributed by atoms with E-state index in [2.05, 4.69) is 4.72 Å². The number of rotatable bonds is 5. The molecule has 3 N–H and O–H groups in total. The first kappa shape index (κ1) is 21.6. The van der Waals surface area contributed by atoms with Gasteiger partial charge >= 0.3 is 0 Å². The minimum atomic E-state index is -3.92. The van der Waals surface area contributed by atoms with Crippen LogP contribution in [0.4, 0.5) is 5.69 Å². The molecule has 5 aromatic carbocycles. The summed E-state index contributed by atoms with van der Waals surface area (Å²) in [5.74, 6) is 0.703. The Bertz CT molecular complexity index is 1640. The van der Waals surface area contributed by atoms with Gasteiger partial charge in [0, 0.05) is 21.7 Å². The highest BCUT2D eigenvalue weighted by Crippen LogP contribution is 2.43. The zero-order valence-electron chi connectivity index (χ0n) is 18.2. The van der Waals surface area contributed by atoms with Crippen LogP contribution < -0.4 is 9.46 Å². The van der Waals surface area contributed by atoms with Crippen molar-refractivity contribution in [1.29, 1.82) is 0 Å². The van der Waals surface area contributed by atoms with Crippen LogP contribution in [0.1, 0.15) is 0 Å². The minimum Gasteiger partial charge on any atom is -0.507 e. The van der Waals surface area contributed by atoms with Crippen LogP contribution in [0.15, 0.2) is 95.9 Å². The summed E-state index contributed by atoms with van der Waals surface area (Å²) < 4.78 is 34.2. The van der Waals surface area contributed by atoms with Gasteiger partial charge in [0.2, 0.25) is 0 Å². The van der Waals surface area contributed by atoms with Gasteiger partial charge in [-0.1, -0.05) is 54.6 Å². The number of phenols is 2. The number of hydrogen-bond donors (Lipinski definition) is 3. The summed E-state index contributed by atoms with van der Waals surface area (Å²) in [5, 5.41) is 23.9. The van der Waals surface area contributed by atoms with Crippen LogP contribution >= 0.6 is 0 Å². The molecule has 0 spiro atoms. The van der Waals surface area contributed by atoms with Crippen LogP contribution in [0.3, 0.4) is 0 Å². The van der Waals surface area contributed by atoms with E-state index in [4.69, 9.17) is 4.74 Å². The monoisotopic (exact) mass is 471 g/mol. The van der Waals surface area contributed by atoms with E-state index in [1.165, 1.54) is 19.2 Å². The minimum absolute atomic E-state index is 0.0267. The summed E-state index contributed by atoms with van der Waals surface area (Å²) in [7, 11) is -2.41. The number of anilines is 1. The van der Waals surface area contributed by atoms with Crippen LogP contribution in [0.25, 0.3) is 32.7 Å². The third-order valence-corrected chi connectivity index (χ3v) is 7.20. The summed E-state index contributed by atoms with van der Waals surface area (Å²) in [4.78, 5) is 0.0853. The number of ether oxygens (including phenoxy) is 1. The van der Waals surface area contributed by atoms with Crippen molar-refractivity contribution in [3.63, 3.8) is 0 Å². The van der Waals surface area contributed by atoms with Crippen molar-refractivity contribution >= 4 is 37.3 Å². The standard InChI is InChI=1S/C27H21NO5S/c1-33-17-12-14-18(15-13-17)34(31,32)28-25-16-24(27(30)23-7-3-2-6-21(23)25)20-8-4-10-22-19(20)9-5-11-26(22)29/h2-16,28-30H,1H3. The molecule has 0 amide bonds. The number of phenolic OH excluding ortho intramolecular Hbond substituents is 2. The van der Waals surface area contributed by atoms with Gasteiger partial charge in [-0.05, 0) is 47.3 Å². The highest BCUT2D eigenvalue weighted by Gasteiger charge is 2.20. The summed E-state index contributed by atoms with van der Waals surface area (Å²) >= 11 is 0. The van der Waals surface area contributed by atoms with Gasteiger partial charge in [0.25, 0.3) is 10.0 Å². The summed E-state index contributed by atoms with van der Waals surface area (Å²) in [5.41, 5.74) is 1.44. The van der Waals surface area contributed by atoms with Crippen molar-refractivity contribution in [2.75, 3.05) is 11.8 Å². The Labute approximate surface area is 196 Å². The van der Waals surface area contributed by atoms with Crippen LogP contribution in [-0.4, -0.2) is 25.7 Å². The molecule has 5 rings (SSSR count). The van der Waals surface area contributed by atoms with E-state index >= 15 is 0 Å². The Hall–Kier alpha value is -4.23. The molecule has 5 aromatic rings. The normalized spacial score (nSPS) is 11.6. The Kier molecular flexibility index (Phi) is 5.26. The topological polar surface area (TPSA) is 95.9 Å². The molecule has 0 aliphatic carbocycles. The first-order valence-corrected chi connectivity index (χ1v) is 12.0. The molecule has 0 atom stereocenters. The fourth-order valence-corrected chi connectivity index (χ4v) is 5.21.